The molecule has 0 aromatic carbocycles. The zero-order valence-electron chi connectivity index (χ0n) is 10.1. The van der Waals surface area contributed by atoms with E-state index in [1.165, 1.54) is 25.7 Å². The first kappa shape index (κ1) is 16.4. The maximum atomic E-state index is 8.47. The van der Waals surface area contributed by atoms with Crippen molar-refractivity contribution < 1.29 is 10.2 Å². The van der Waals surface area contributed by atoms with Gasteiger partial charge < -0.3 is 10.2 Å². The lowest BCUT2D eigenvalue weighted by Gasteiger charge is -2.01. The molecule has 1 atom stereocenters. The Bertz CT molecular complexity index is 80.4. The zero-order chi connectivity index (χ0) is 11.2. The van der Waals surface area contributed by atoms with Gasteiger partial charge in [-0.25, -0.2) is 0 Å². The SMILES string of the molecule is CCCC(C)CO.CCCCCCO. The number of unbranched alkanes of at least 4 members (excludes halogenated alkanes) is 3. The molecular formula is C12H28O2. The molecule has 0 aromatic heterocycles. The van der Waals surface area contributed by atoms with Gasteiger partial charge in [-0.1, -0.05) is 46.5 Å². The highest BCUT2D eigenvalue weighted by Crippen LogP contribution is 2.01. The van der Waals surface area contributed by atoms with E-state index in [0.717, 1.165) is 12.8 Å². The van der Waals surface area contributed by atoms with Gasteiger partial charge in [-0.05, 0) is 18.8 Å². The third kappa shape index (κ3) is 17.9. The van der Waals surface area contributed by atoms with Crippen molar-refractivity contribution in [3.05, 3.63) is 0 Å². The first-order valence-corrected chi connectivity index (χ1v) is 5.94. The molecule has 0 radical (unpaired) electrons. The van der Waals surface area contributed by atoms with E-state index in [0.29, 0.717) is 19.1 Å². The van der Waals surface area contributed by atoms with Crippen molar-refractivity contribution in [2.24, 2.45) is 5.92 Å². The van der Waals surface area contributed by atoms with E-state index < -0.39 is 0 Å². The van der Waals surface area contributed by atoms with Crippen LogP contribution in [0.1, 0.15) is 59.3 Å². The highest BCUT2D eigenvalue weighted by molar-refractivity contribution is 4.45. The predicted octanol–water partition coefficient (Wildman–Crippen LogP) is 2.97. The van der Waals surface area contributed by atoms with E-state index in [-0.39, 0.29) is 0 Å². The molecule has 0 aliphatic carbocycles. The lowest BCUT2D eigenvalue weighted by molar-refractivity contribution is 0.229. The summed E-state index contributed by atoms with van der Waals surface area (Å²) in [6.45, 7) is 7.06. The van der Waals surface area contributed by atoms with Crippen LogP contribution in [-0.2, 0) is 0 Å². The van der Waals surface area contributed by atoms with Gasteiger partial charge in [0.05, 0.1) is 0 Å². The molecular weight excluding hydrogens is 176 g/mol. The standard InChI is InChI=1S/2C6H14O/c1-3-4-6(2)5-7;1-2-3-4-5-6-7/h6-7H,3-5H2,1-2H3;7H,2-6H2,1H3. The first-order chi connectivity index (χ1) is 6.72. The number of rotatable bonds is 7. The van der Waals surface area contributed by atoms with E-state index in [4.69, 9.17) is 10.2 Å². The van der Waals surface area contributed by atoms with E-state index >= 15 is 0 Å². The Morgan fingerprint density at radius 3 is 1.86 bits per heavy atom. The third-order valence-corrected chi connectivity index (χ3v) is 2.10. The van der Waals surface area contributed by atoms with Crippen LogP contribution < -0.4 is 0 Å². The van der Waals surface area contributed by atoms with Crippen molar-refractivity contribution in [3.8, 4) is 0 Å². The lowest BCUT2D eigenvalue weighted by atomic mass is 10.1. The molecule has 0 heterocycles. The topological polar surface area (TPSA) is 40.5 Å². The number of aliphatic hydroxyl groups is 2. The van der Waals surface area contributed by atoms with Crippen molar-refractivity contribution in [3.63, 3.8) is 0 Å². The van der Waals surface area contributed by atoms with Gasteiger partial charge in [0.1, 0.15) is 0 Å². The van der Waals surface area contributed by atoms with E-state index in [2.05, 4.69) is 20.8 Å². The van der Waals surface area contributed by atoms with Gasteiger partial charge in [0, 0.05) is 13.2 Å². The molecule has 14 heavy (non-hydrogen) atoms. The minimum atomic E-state index is 0.341. The van der Waals surface area contributed by atoms with E-state index in [9.17, 15) is 0 Å². The van der Waals surface area contributed by atoms with Gasteiger partial charge in [0.2, 0.25) is 0 Å². The monoisotopic (exact) mass is 204 g/mol. The molecule has 0 rings (SSSR count). The summed E-state index contributed by atoms with van der Waals surface area (Å²) < 4.78 is 0. The van der Waals surface area contributed by atoms with Gasteiger partial charge in [-0.3, -0.25) is 0 Å². The fourth-order valence-corrected chi connectivity index (χ4v) is 1.12. The molecule has 2 N–H and O–H groups in total. The summed E-state index contributed by atoms with van der Waals surface area (Å²) in [5.74, 6) is 0.505. The second-order valence-corrected chi connectivity index (χ2v) is 3.86. The van der Waals surface area contributed by atoms with Crippen molar-refractivity contribution in [1.29, 1.82) is 0 Å². The maximum absolute atomic E-state index is 8.47. The smallest absolute Gasteiger partial charge is 0.0456 e. The molecule has 0 amide bonds. The molecule has 0 spiro atoms. The molecule has 0 bridgehead atoms. The minimum Gasteiger partial charge on any atom is -0.396 e. The Morgan fingerprint density at radius 1 is 0.929 bits per heavy atom. The third-order valence-electron chi connectivity index (χ3n) is 2.10. The fourth-order valence-electron chi connectivity index (χ4n) is 1.12. The van der Waals surface area contributed by atoms with Crippen LogP contribution in [0.15, 0.2) is 0 Å². The van der Waals surface area contributed by atoms with Crippen molar-refractivity contribution in [2.75, 3.05) is 13.2 Å². The molecule has 1 unspecified atom stereocenters. The summed E-state index contributed by atoms with van der Waals surface area (Å²) in [5, 5.41) is 16.8. The average molecular weight is 204 g/mol. The summed E-state index contributed by atoms with van der Waals surface area (Å²) in [4.78, 5) is 0. The molecule has 0 saturated carbocycles. The second kappa shape index (κ2) is 15.4. The van der Waals surface area contributed by atoms with Crippen LogP contribution in [0.25, 0.3) is 0 Å². The van der Waals surface area contributed by atoms with Gasteiger partial charge >= 0.3 is 0 Å². The Kier molecular flexibility index (Phi) is 18.0. The van der Waals surface area contributed by atoms with Crippen molar-refractivity contribution in [2.45, 2.75) is 59.3 Å². The highest BCUT2D eigenvalue weighted by atomic mass is 16.3. The normalized spacial score (nSPS) is 11.8. The Morgan fingerprint density at radius 2 is 1.57 bits per heavy atom. The fraction of sp³-hybridized carbons (Fsp3) is 1.00. The van der Waals surface area contributed by atoms with Crippen LogP contribution in [0.3, 0.4) is 0 Å². The first-order valence-electron chi connectivity index (χ1n) is 5.94. The largest absolute Gasteiger partial charge is 0.396 e. The zero-order valence-corrected chi connectivity index (χ0v) is 10.1. The van der Waals surface area contributed by atoms with Gasteiger partial charge in [-0.15, -0.1) is 0 Å². The van der Waals surface area contributed by atoms with Crippen LogP contribution in [0.5, 0.6) is 0 Å². The molecule has 0 aromatic rings. The molecule has 0 aliphatic heterocycles. The number of aliphatic hydroxyl groups excluding tert-OH is 2. The number of hydrogen-bond acceptors (Lipinski definition) is 2. The molecule has 0 aliphatic rings. The van der Waals surface area contributed by atoms with E-state index in [1.54, 1.807) is 0 Å². The van der Waals surface area contributed by atoms with Crippen molar-refractivity contribution >= 4 is 0 Å². The second-order valence-electron chi connectivity index (χ2n) is 3.86. The average Bonchev–Trinajstić information content (AvgIpc) is 2.20. The Hall–Kier alpha value is -0.0800. The summed E-state index contributed by atoms with van der Waals surface area (Å²) in [7, 11) is 0. The highest BCUT2D eigenvalue weighted by Gasteiger charge is 1.94. The van der Waals surface area contributed by atoms with Gasteiger partial charge in [-0.2, -0.15) is 0 Å². The molecule has 2 nitrogen and oxygen atoms in total. The van der Waals surface area contributed by atoms with Crippen LogP contribution in [0, 0.1) is 5.92 Å². The minimum absolute atomic E-state index is 0.341. The predicted molar refractivity (Wildman–Crippen MR) is 62.4 cm³/mol. The quantitative estimate of drug-likeness (QED) is 0.626. The summed E-state index contributed by atoms with van der Waals surface area (Å²) in [6, 6.07) is 0. The van der Waals surface area contributed by atoms with Gasteiger partial charge in [0.15, 0.2) is 0 Å². The van der Waals surface area contributed by atoms with Crippen molar-refractivity contribution in [1.82, 2.24) is 0 Å². The van der Waals surface area contributed by atoms with Crippen LogP contribution in [0.4, 0.5) is 0 Å². The summed E-state index contributed by atoms with van der Waals surface area (Å²) in [6.07, 6.45) is 7.01. The lowest BCUT2D eigenvalue weighted by Crippen LogP contribution is -1.98. The molecule has 88 valence electrons. The maximum Gasteiger partial charge on any atom is 0.0456 e. The summed E-state index contributed by atoms with van der Waals surface area (Å²) >= 11 is 0. The molecule has 0 fully saturated rings. The Labute approximate surface area is 89.3 Å². The Balaban J connectivity index is 0. The summed E-state index contributed by atoms with van der Waals surface area (Å²) in [5.41, 5.74) is 0. The van der Waals surface area contributed by atoms with E-state index in [1.807, 2.05) is 0 Å². The molecule has 2 heteroatoms. The van der Waals surface area contributed by atoms with Crippen LogP contribution in [0.2, 0.25) is 0 Å². The van der Waals surface area contributed by atoms with Gasteiger partial charge in [0.25, 0.3) is 0 Å². The van der Waals surface area contributed by atoms with Crippen LogP contribution in [-0.4, -0.2) is 23.4 Å². The molecule has 0 saturated heterocycles. The number of hydrogen-bond donors (Lipinski definition) is 2. The van der Waals surface area contributed by atoms with Crippen LogP contribution >= 0.6 is 0 Å².